The number of nitrogens with one attached hydrogen (secondary N) is 1. The molecule has 0 aliphatic heterocycles. The van der Waals surface area contributed by atoms with Gasteiger partial charge in [-0.2, -0.15) is 5.26 Å². The second-order valence-corrected chi connectivity index (χ2v) is 6.67. The number of carbonyl (C=O) groups excluding carboxylic acids is 2. The second-order valence-electron chi connectivity index (χ2n) is 5.85. The molecular formula is C21H18Cl2N2O4. The Labute approximate surface area is 178 Å². The van der Waals surface area contributed by atoms with E-state index in [1.807, 2.05) is 13.0 Å². The van der Waals surface area contributed by atoms with Crippen molar-refractivity contribution < 1.29 is 19.1 Å². The lowest BCUT2D eigenvalue weighted by Crippen LogP contribution is -2.25. The number of ether oxygens (including phenoxy) is 2. The highest BCUT2D eigenvalue weighted by Gasteiger charge is 2.15. The number of amides is 1. The molecule has 0 saturated heterocycles. The van der Waals surface area contributed by atoms with Gasteiger partial charge in [-0.05, 0) is 48.4 Å². The maximum atomic E-state index is 12.4. The van der Waals surface area contributed by atoms with Crippen LogP contribution in [-0.2, 0) is 4.79 Å². The normalized spacial score (nSPS) is 10.8. The van der Waals surface area contributed by atoms with Crippen molar-refractivity contribution in [3.63, 3.8) is 0 Å². The summed E-state index contributed by atoms with van der Waals surface area (Å²) in [7, 11) is 1.42. The van der Waals surface area contributed by atoms with Crippen molar-refractivity contribution in [1.82, 2.24) is 5.32 Å². The largest absolute Gasteiger partial charge is 0.493 e. The first-order chi connectivity index (χ1) is 13.9. The van der Waals surface area contributed by atoms with Crippen LogP contribution in [0.25, 0.3) is 6.08 Å². The molecule has 0 unspecified atom stereocenters. The number of carbonyl (C=O) groups is 2. The number of rotatable bonds is 7. The van der Waals surface area contributed by atoms with Gasteiger partial charge in [0.25, 0.3) is 5.91 Å². The molecule has 0 aliphatic rings. The molecule has 0 atom stereocenters. The lowest BCUT2D eigenvalue weighted by Gasteiger charge is -2.10. The van der Waals surface area contributed by atoms with Gasteiger partial charge in [-0.15, -0.1) is 0 Å². The van der Waals surface area contributed by atoms with Crippen LogP contribution < -0.4 is 14.8 Å². The molecule has 0 fully saturated rings. The van der Waals surface area contributed by atoms with Crippen molar-refractivity contribution in [3.8, 4) is 17.6 Å². The highest BCUT2D eigenvalue weighted by molar-refractivity contribution is 6.42. The third-order valence-corrected chi connectivity index (χ3v) is 4.50. The van der Waals surface area contributed by atoms with Crippen LogP contribution in [0.15, 0.2) is 42.0 Å². The van der Waals surface area contributed by atoms with Crippen LogP contribution in [0.2, 0.25) is 10.0 Å². The quantitative estimate of drug-likeness (QED) is 0.297. The van der Waals surface area contributed by atoms with Gasteiger partial charge in [0.15, 0.2) is 11.5 Å². The summed E-state index contributed by atoms with van der Waals surface area (Å²) in [6, 6.07) is 10.9. The van der Waals surface area contributed by atoms with Crippen molar-refractivity contribution in [3.05, 3.63) is 63.1 Å². The number of nitriles is 1. The summed E-state index contributed by atoms with van der Waals surface area (Å²) < 4.78 is 10.6. The zero-order valence-corrected chi connectivity index (χ0v) is 17.3. The van der Waals surface area contributed by atoms with Crippen LogP contribution in [0.3, 0.4) is 0 Å². The number of nitrogens with zero attached hydrogens (tertiary/aromatic N) is 1. The maximum absolute atomic E-state index is 12.4. The van der Waals surface area contributed by atoms with E-state index >= 15 is 0 Å². The van der Waals surface area contributed by atoms with E-state index in [1.165, 1.54) is 37.5 Å². The molecule has 1 N–H and O–H groups in total. The summed E-state index contributed by atoms with van der Waals surface area (Å²) in [5.74, 6) is -0.654. The molecule has 0 bridgehead atoms. The second kappa shape index (κ2) is 10.5. The van der Waals surface area contributed by atoms with Gasteiger partial charge in [0.2, 0.25) is 0 Å². The predicted molar refractivity (Wildman–Crippen MR) is 111 cm³/mol. The third kappa shape index (κ3) is 5.98. The zero-order chi connectivity index (χ0) is 21.4. The molecular weight excluding hydrogens is 415 g/mol. The smallest absolute Gasteiger partial charge is 0.343 e. The summed E-state index contributed by atoms with van der Waals surface area (Å²) in [4.78, 5) is 24.3. The van der Waals surface area contributed by atoms with Crippen molar-refractivity contribution >= 4 is 41.2 Å². The number of benzene rings is 2. The van der Waals surface area contributed by atoms with Crippen LogP contribution in [0.1, 0.15) is 29.3 Å². The Morgan fingerprint density at radius 1 is 1.14 bits per heavy atom. The molecule has 2 rings (SSSR count). The first kappa shape index (κ1) is 22.3. The molecule has 150 valence electrons. The molecule has 0 aliphatic carbocycles. The molecule has 0 spiro atoms. The van der Waals surface area contributed by atoms with E-state index < -0.39 is 11.9 Å². The Hall–Kier alpha value is -3.01. The van der Waals surface area contributed by atoms with Gasteiger partial charge in [-0.1, -0.05) is 36.2 Å². The van der Waals surface area contributed by atoms with E-state index in [1.54, 1.807) is 12.1 Å². The minimum atomic E-state index is -0.637. The SMILES string of the molecule is CCCNC(=O)/C(C#N)=C/c1ccc(OC(=O)c2ccc(Cl)c(Cl)c2)c(OC)c1. The maximum Gasteiger partial charge on any atom is 0.343 e. The summed E-state index contributed by atoms with van der Waals surface area (Å²) in [6.07, 6.45) is 2.19. The van der Waals surface area contributed by atoms with Gasteiger partial charge in [0, 0.05) is 6.54 Å². The molecule has 0 aromatic heterocycles. The van der Waals surface area contributed by atoms with Gasteiger partial charge in [0.1, 0.15) is 11.6 Å². The van der Waals surface area contributed by atoms with E-state index in [-0.39, 0.29) is 27.7 Å². The minimum Gasteiger partial charge on any atom is -0.493 e. The Kier molecular flexibility index (Phi) is 8.08. The first-order valence-electron chi connectivity index (χ1n) is 8.64. The minimum absolute atomic E-state index is 0.0407. The number of hydrogen-bond donors (Lipinski definition) is 1. The molecule has 2 aromatic carbocycles. The fourth-order valence-corrected chi connectivity index (χ4v) is 2.59. The lowest BCUT2D eigenvalue weighted by molar-refractivity contribution is -0.117. The van der Waals surface area contributed by atoms with Crippen molar-refractivity contribution in [1.29, 1.82) is 5.26 Å². The predicted octanol–water partition coefficient (Wildman–Crippen LogP) is 4.65. The molecule has 29 heavy (non-hydrogen) atoms. The topological polar surface area (TPSA) is 88.4 Å². The van der Waals surface area contributed by atoms with Crippen LogP contribution in [0.4, 0.5) is 0 Å². The molecule has 8 heteroatoms. The summed E-state index contributed by atoms with van der Waals surface area (Å²) >= 11 is 11.8. The van der Waals surface area contributed by atoms with Crippen LogP contribution in [0.5, 0.6) is 11.5 Å². The summed E-state index contributed by atoms with van der Waals surface area (Å²) in [6.45, 7) is 2.39. The Morgan fingerprint density at radius 2 is 1.90 bits per heavy atom. The molecule has 0 heterocycles. The molecule has 1 amide bonds. The standard InChI is InChI=1S/C21H18Cl2N2O4/c1-3-8-25-20(26)15(12-24)9-13-4-7-18(19(10-13)28-2)29-21(27)14-5-6-16(22)17(23)11-14/h4-7,9-11H,3,8H2,1-2H3,(H,25,26)/b15-9+. The Bertz CT molecular complexity index is 997. The number of methoxy groups -OCH3 is 1. The van der Waals surface area contributed by atoms with E-state index in [0.717, 1.165) is 6.42 Å². The zero-order valence-electron chi connectivity index (χ0n) is 15.8. The molecule has 0 radical (unpaired) electrons. The van der Waals surface area contributed by atoms with E-state index in [2.05, 4.69) is 5.32 Å². The van der Waals surface area contributed by atoms with E-state index in [4.69, 9.17) is 32.7 Å². The average Bonchev–Trinajstić information content (AvgIpc) is 2.72. The van der Waals surface area contributed by atoms with Crippen LogP contribution in [-0.4, -0.2) is 25.5 Å². The fourth-order valence-electron chi connectivity index (χ4n) is 2.29. The molecule has 0 saturated carbocycles. The van der Waals surface area contributed by atoms with Crippen LogP contribution >= 0.6 is 23.2 Å². The number of halogens is 2. The van der Waals surface area contributed by atoms with Gasteiger partial charge >= 0.3 is 5.97 Å². The Balaban J connectivity index is 2.24. The first-order valence-corrected chi connectivity index (χ1v) is 9.40. The van der Waals surface area contributed by atoms with Gasteiger partial charge in [0.05, 0.1) is 22.7 Å². The van der Waals surface area contributed by atoms with Gasteiger partial charge in [-0.25, -0.2) is 4.79 Å². The highest BCUT2D eigenvalue weighted by Crippen LogP contribution is 2.30. The summed E-state index contributed by atoms with van der Waals surface area (Å²) in [5.41, 5.74) is 0.727. The van der Waals surface area contributed by atoms with Crippen LogP contribution in [0, 0.1) is 11.3 Å². The highest BCUT2D eigenvalue weighted by atomic mass is 35.5. The summed E-state index contributed by atoms with van der Waals surface area (Å²) in [5, 5.41) is 12.4. The van der Waals surface area contributed by atoms with Crippen molar-refractivity contribution in [2.45, 2.75) is 13.3 Å². The van der Waals surface area contributed by atoms with Crippen molar-refractivity contribution in [2.24, 2.45) is 0 Å². The lowest BCUT2D eigenvalue weighted by atomic mass is 10.1. The van der Waals surface area contributed by atoms with E-state index in [9.17, 15) is 14.9 Å². The van der Waals surface area contributed by atoms with Gasteiger partial charge < -0.3 is 14.8 Å². The Morgan fingerprint density at radius 3 is 2.52 bits per heavy atom. The fraction of sp³-hybridized carbons (Fsp3) is 0.190. The monoisotopic (exact) mass is 432 g/mol. The molecule has 2 aromatic rings. The average molecular weight is 433 g/mol. The van der Waals surface area contributed by atoms with E-state index in [0.29, 0.717) is 17.1 Å². The van der Waals surface area contributed by atoms with Crippen molar-refractivity contribution in [2.75, 3.05) is 13.7 Å². The number of esters is 1. The molecule has 6 nitrogen and oxygen atoms in total. The number of hydrogen-bond acceptors (Lipinski definition) is 5. The third-order valence-electron chi connectivity index (χ3n) is 3.76. The van der Waals surface area contributed by atoms with Gasteiger partial charge in [-0.3, -0.25) is 4.79 Å².